The van der Waals surface area contributed by atoms with Gasteiger partial charge in [0.05, 0.1) is 19.3 Å². The molecule has 2 aliphatic rings. The van der Waals surface area contributed by atoms with Crippen LogP contribution in [0.2, 0.25) is 0 Å². The lowest BCUT2D eigenvalue weighted by Gasteiger charge is -2.32. The smallest absolute Gasteiger partial charge is 0.274 e. The Morgan fingerprint density at radius 2 is 2.14 bits per heavy atom. The Morgan fingerprint density at radius 1 is 1.27 bits per heavy atom. The molecule has 2 aliphatic heterocycles. The van der Waals surface area contributed by atoms with E-state index in [2.05, 4.69) is 4.84 Å². The highest BCUT2D eigenvalue weighted by molar-refractivity contribution is 5.89. The van der Waals surface area contributed by atoms with Crippen LogP contribution in [0.25, 0.3) is 10.8 Å². The van der Waals surface area contributed by atoms with E-state index in [1.807, 2.05) is 36.4 Å². The van der Waals surface area contributed by atoms with E-state index in [9.17, 15) is 4.79 Å². The number of fused-ring (bicyclic) bond motifs is 5. The Balaban J connectivity index is 1.85. The number of rotatable bonds is 2. The molecule has 0 aliphatic carbocycles. The van der Waals surface area contributed by atoms with E-state index >= 15 is 0 Å². The van der Waals surface area contributed by atoms with Gasteiger partial charge in [-0.1, -0.05) is 30.3 Å². The number of carbonyl (C=O) groups is 1. The summed E-state index contributed by atoms with van der Waals surface area (Å²) in [5.41, 5.74) is 0.997. The number of nitrogens with zero attached hydrogens (tertiary/aromatic N) is 1. The molecule has 0 saturated carbocycles. The predicted molar refractivity (Wildman–Crippen MR) is 78.6 cm³/mol. The van der Waals surface area contributed by atoms with Crippen LogP contribution in [0.4, 0.5) is 0 Å². The standard InChI is InChI=1S/C16H16N2O4/c17-21-9-14(19)18-16-11(8-22-18)7-20-13-6-5-10-3-1-2-4-12(10)15(13)16/h1-6,11,16H,7-9,17H2. The fourth-order valence-electron chi connectivity index (χ4n) is 3.30. The number of hydrogen-bond donors (Lipinski definition) is 1. The van der Waals surface area contributed by atoms with Crippen molar-refractivity contribution in [1.82, 2.24) is 5.06 Å². The van der Waals surface area contributed by atoms with E-state index < -0.39 is 0 Å². The molecule has 4 rings (SSSR count). The molecule has 2 aromatic rings. The summed E-state index contributed by atoms with van der Waals surface area (Å²) >= 11 is 0. The molecule has 0 aromatic heterocycles. The SMILES string of the molecule is NOCC(=O)N1OCC2COc3ccc4ccccc4c3C21. The van der Waals surface area contributed by atoms with Crippen LogP contribution < -0.4 is 10.6 Å². The second-order valence-electron chi connectivity index (χ2n) is 5.54. The van der Waals surface area contributed by atoms with Gasteiger partial charge in [-0.15, -0.1) is 0 Å². The third kappa shape index (κ3) is 1.96. The first-order valence-corrected chi connectivity index (χ1v) is 7.20. The van der Waals surface area contributed by atoms with Gasteiger partial charge in [0.2, 0.25) is 0 Å². The zero-order chi connectivity index (χ0) is 15.1. The van der Waals surface area contributed by atoms with Gasteiger partial charge < -0.3 is 4.74 Å². The van der Waals surface area contributed by atoms with Crippen LogP contribution in [0.5, 0.6) is 5.75 Å². The van der Waals surface area contributed by atoms with E-state index in [4.69, 9.17) is 15.5 Å². The van der Waals surface area contributed by atoms with Crippen molar-refractivity contribution in [1.29, 1.82) is 0 Å². The monoisotopic (exact) mass is 300 g/mol. The van der Waals surface area contributed by atoms with Crippen molar-refractivity contribution in [3.05, 3.63) is 42.0 Å². The quantitative estimate of drug-likeness (QED) is 0.852. The highest BCUT2D eigenvalue weighted by Gasteiger charge is 2.44. The minimum Gasteiger partial charge on any atom is -0.493 e. The van der Waals surface area contributed by atoms with Gasteiger partial charge in [0.25, 0.3) is 5.91 Å². The van der Waals surface area contributed by atoms with Gasteiger partial charge >= 0.3 is 0 Å². The molecule has 2 N–H and O–H groups in total. The summed E-state index contributed by atoms with van der Waals surface area (Å²) in [5, 5.41) is 3.58. The molecule has 0 bridgehead atoms. The molecule has 1 saturated heterocycles. The summed E-state index contributed by atoms with van der Waals surface area (Å²) < 4.78 is 5.86. The van der Waals surface area contributed by atoms with Crippen molar-refractivity contribution in [3.63, 3.8) is 0 Å². The van der Waals surface area contributed by atoms with Crippen molar-refractivity contribution in [2.24, 2.45) is 11.8 Å². The number of benzene rings is 2. The molecule has 6 heteroatoms. The molecule has 6 nitrogen and oxygen atoms in total. The zero-order valence-corrected chi connectivity index (χ0v) is 11.9. The maximum atomic E-state index is 12.2. The summed E-state index contributed by atoms with van der Waals surface area (Å²) in [5.74, 6) is 5.65. The summed E-state index contributed by atoms with van der Waals surface area (Å²) in [6, 6.07) is 11.9. The predicted octanol–water partition coefficient (Wildman–Crippen LogP) is 1.55. The van der Waals surface area contributed by atoms with E-state index in [1.54, 1.807) is 0 Å². The first-order valence-electron chi connectivity index (χ1n) is 7.20. The number of carbonyl (C=O) groups excluding carboxylic acids is 1. The first-order chi connectivity index (χ1) is 10.8. The Hall–Kier alpha value is -2.15. The van der Waals surface area contributed by atoms with Crippen molar-refractivity contribution in [2.45, 2.75) is 6.04 Å². The van der Waals surface area contributed by atoms with Crippen LogP contribution in [0.15, 0.2) is 36.4 Å². The van der Waals surface area contributed by atoms with Gasteiger partial charge in [0.15, 0.2) is 0 Å². The minimum absolute atomic E-state index is 0.111. The fraction of sp³-hybridized carbons (Fsp3) is 0.312. The molecule has 2 aromatic carbocycles. The Bertz CT molecular complexity index is 733. The largest absolute Gasteiger partial charge is 0.493 e. The maximum Gasteiger partial charge on any atom is 0.274 e. The summed E-state index contributed by atoms with van der Waals surface area (Å²) in [6.45, 7) is 0.775. The third-order valence-electron chi connectivity index (χ3n) is 4.26. The van der Waals surface area contributed by atoms with E-state index in [0.717, 1.165) is 22.1 Å². The Labute approximate surface area is 127 Å². The first kappa shape index (κ1) is 13.5. The number of nitrogens with two attached hydrogens (primary N) is 1. The molecule has 22 heavy (non-hydrogen) atoms. The van der Waals surface area contributed by atoms with Gasteiger partial charge in [-0.3, -0.25) is 14.5 Å². The third-order valence-corrected chi connectivity index (χ3v) is 4.26. The van der Waals surface area contributed by atoms with E-state index in [-0.39, 0.29) is 24.5 Å². The molecule has 2 unspecified atom stereocenters. The van der Waals surface area contributed by atoms with Gasteiger partial charge in [0.1, 0.15) is 12.4 Å². The minimum atomic E-state index is -0.282. The average molecular weight is 300 g/mol. The van der Waals surface area contributed by atoms with Crippen molar-refractivity contribution >= 4 is 16.7 Å². The fourth-order valence-corrected chi connectivity index (χ4v) is 3.30. The molecule has 2 heterocycles. The number of hydroxylamine groups is 2. The highest BCUT2D eigenvalue weighted by Crippen LogP contribution is 2.46. The Kier molecular flexibility index (Phi) is 3.22. The van der Waals surface area contributed by atoms with Crippen LogP contribution in [-0.2, 0) is 14.5 Å². The molecular formula is C16H16N2O4. The molecule has 114 valence electrons. The van der Waals surface area contributed by atoms with Gasteiger partial charge in [-0.25, -0.2) is 11.0 Å². The molecule has 2 atom stereocenters. The molecular weight excluding hydrogens is 284 g/mol. The van der Waals surface area contributed by atoms with Crippen molar-refractivity contribution < 1.29 is 19.2 Å². The second kappa shape index (κ2) is 5.24. The second-order valence-corrected chi connectivity index (χ2v) is 5.54. The highest BCUT2D eigenvalue weighted by atomic mass is 16.7. The lowest BCUT2D eigenvalue weighted by molar-refractivity contribution is -0.182. The summed E-state index contributed by atoms with van der Waals surface area (Å²) in [7, 11) is 0. The van der Waals surface area contributed by atoms with Crippen molar-refractivity contribution in [3.8, 4) is 5.75 Å². The average Bonchev–Trinajstić information content (AvgIpc) is 2.99. The van der Waals surface area contributed by atoms with Gasteiger partial charge in [0, 0.05) is 11.5 Å². The van der Waals surface area contributed by atoms with Crippen LogP contribution in [0.3, 0.4) is 0 Å². The van der Waals surface area contributed by atoms with Crippen LogP contribution in [-0.4, -0.2) is 30.8 Å². The topological polar surface area (TPSA) is 74.0 Å². The van der Waals surface area contributed by atoms with Gasteiger partial charge in [-0.05, 0) is 16.8 Å². The molecule has 0 radical (unpaired) electrons. The number of amides is 1. The molecule has 1 fully saturated rings. The van der Waals surface area contributed by atoms with Crippen LogP contribution in [0.1, 0.15) is 11.6 Å². The normalized spacial score (nSPS) is 23.0. The van der Waals surface area contributed by atoms with Crippen LogP contribution >= 0.6 is 0 Å². The van der Waals surface area contributed by atoms with Crippen LogP contribution in [0, 0.1) is 5.92 Å². The summed E-state index contributed by atoms with van der Waals surface area (Å²) in [4.78, 5) is 22.3. The molecule has 1 amide bonds. The van der Waals surface area contributed by atoms with E-state index in [1.165, 1.54) is 5.06 Å². The van der Waals surface area contributed by atoms with Crippen molar-refractivity contribution in [2.75, 3.05) is 19.8 Å². The zero-order valence-electron chi connectivity index (χ0n) is 11.9. The summed E-state index contributed by atoms with van der Waals surface area (Å²) in [6.07, 6.45) is 0. The van der Waals surface area contributed by atoms with E-state index in [0.29, 0.717) is 13.2 Å². The number of ether oxygens (including phenoxy) is 1. The maximum absolute atomic E-state index is 12.2. The lowest BCUT2D eigenvalue weighted by atomic mass is 9.88. The molecule has 0 spiro atoms. The number of hydrogen-bond acceptors (Lipinski definition) is 5. The van der Waals surface area contributed by atoms with Gasteiger partial charge in [-0.2, -0.15) is 0 Å². The lowest BCUT2D eigenvalue weighted by Crippen LogP contribution is -2.37. The Morgan fingerprint density at radius 3 is 3.00 bits per heavy atom.